The molecule has 5 heteroatoms. The van der Waals surface area contributed by atoms with Crippen LogP contribution in [0.1, 0.15) is 6.42 Å². The number of piperazine rings is 1. The van der Waals surface area contributed by atoms with Crippen LogP contribution in [0.4, 0.5) is 5.69 Å². The number of carbonyl (C=O) groups excluding carboxylic acids is 1. The molecule has 0 unspecified atom stereocenters. The molecule has 0 bridgehead atoms. The maximum Gasteiger partial charge on any atom is 0.239 e. The third-order valence-electron chi connectivity index (χ3n) is 3.41. The van der Waals surface area contributed by atoms with Crippen LogP contribution >= 0.6 is 0 Å². The van der Waals surface area contributed by atoms with E-state index in [1.807, 2.05) is 30.3 Å². The van der Waals surface area contributed by atoms with Crippen LogP contribution in [-0.2, 0) is 4.79 Å². The van der Waals surface area contributed by atoms with E-state index in [0.29, 0.717) is 6.54 Å². The van der Waals surface area contributed by atoms with Crippen LogP contribution in [0.5, 0.6) is 0 Å². The average Bonchev–Trinajstić information content (AvgIpc) is 2.52. The molecular formula is C15H24N4O. The molecule has 3 N–H and O–H groups in total. The fourth-order valence-corrected chi connectivity index (χ4v) is 2.27. The average molecular weight is 276 g/mol. The molecule has 1 amide bonds. The SMILES string of the molecule is O=C(CNc1ccccc1)NCCCN1CCNCC1. The second-order valence-corrected chi connectivity index (χ2v) is 5.01. The van der Waals surface area contributed by atoms with Gasteiger partial charge in [-0.1, -0.05) is 18.2 Å². The molecule has 110 valence electrons. The smallest absolute Gasteiger partial charge is 0.239 e. The molecule has 0 atom stereocenters. The van der Waals surface area contributed by atoms with Gasteiger partial charge in [-0.25, -0.2) is 0 Å². The second-order valence-electron chi connectivity index (χ2n) is 5.01. The molecule has 0 aromatic heterocycles. The van der Waals surface area contributed by atoms with Gasteiger partial charge in [-0.3, -0.25) is 4.79 Å². The van der Waals surface area contributed by atoms with Crippen molar-refractivity contribution in [3.63, 3.8) is 0 Å². The van der Waals surface area contributed by atoms with Gasteiger partial charge >= 0.3 is 0 Å². The number of benzene rings is 1. The molecule has 5 nitrogen and oxygen atoms in total. The Morgan fingerprint density at radius 1 is 1.20 bits per heavy atom. The summed E-state index contributed by atoms with van der Waals surface area (Å²) in [6, 6.07) is 9.78. The Kier molecular flexibility index (Phi) is 6.34. The lowest BCUT2D eigenvalue weighted by molar-refractivity contribution is -0.119. The first-order chi connectivity index (χ1) is 9.84. The van der Waals surface area contributed by atoms with Crippen LogP contribution in [0, 0.1) is 0 Å². The van der Waals surface area contributed by atoms with Crippen molar-refractivity contribution < 1.29 is 4.79 Å². The summed E-state index contributed by atoms with van der Waals surface area (Å²) in [5.74, 6) is 0.0502. The van der Waals surface area contributed by atoms with E-state index in [0.717, 1.165) is 51.4 Å². The van der Waals surface area contributed by atoms with Crippen molar-refractivity contribution in [2.75, 3.05) is 51.1 Å². The van der Waals surface area contributed by atoms with E-state index in [2.05, 4.69) is 20.9 Å². The highest BCUT2D eigenvalue weighted by molar-refractivity contribution is 5.80. The zero-order valence-corrected chi connectivity index (χ0v) is 11.9. The summed E-state index contributed by atoms with van der Waals surface area (Å²) in [5.41, 5.74) is 0.975. The third-order valence-corrected chi connectivity index (χ3v) is 3.41. The lowest BCUT2D eigenvalue weighted by atomic mass is 10.3. The quantitative estimate of drug-likeness (QED) is 0.635. The molecule has 0 aliphatic carbocycles. The first-order valence-electron chi connectivity index (χ1n) is 7.33. The van der Waals surface area contributed by atoms with Gasteiger partial charge in [0.15, 0.2) is 0 Å². The predicted octanol–water partition coefficient (Wildman–Crippen LogP) is 0.510. The number of rotatable bonds is 7. The topological polar surface area (TPSA) is 56.4 Å². The molecule has 2 rings (SSSR count). The summed E-state index contributed by atoms with van der Waals surface area (Å²) in [5, 5.41) is 9.39. The predicted molar refractivity (Wildman–Crippen MR) is 81.9 cm³/mol. The Morgan fingerprint density at radius 2 is 1.95 bits per heavy atom. The van der Waals surface area contributed by atoms with Crippen LogP contribution < -0.4 is 16.0 Å². The first-order valence-corrected chi connectivity index (χ1v) is 7.33. The van der Waals surface area contributed by atoms with Crippen LogP contribution in [0.25, 0.3) is 0 Å². The van der Waals surface area contributed by atoms with Crippen molar-refractivity contribution in [2.45, 2.75) is 6.42 Å². The Hall–Kier alpha value is -1.59. The monoisotopic (exact) mass is 276 g/mol. The van der Waals surface area contributed by atoms with Crippen molar-refractivity contribution in [3.05, 3.63) is 30.3 Å². The van der Waals surface area contributed by atoms with Gasteiger partial charge in [-0.15, -0.1) is 0 Å². The Bertz CT molecular complexity index is 390. The fourth-order valence-electron chi connectivity index (χ4n) is 2.27. The van der Waals surface area contributed by atoms with E-state index < -0.39 is 0 Å². The molecule has 1 fully saturated rings. The van der Waals surface area contributed by atoms with Gasteiger partial charge in [0.05, 0.1) is 6.54 Å². The molecule has 0 saturated carbocycles. The summed E-state index contributed by atoms with van der Waals surface area (Å²) < 4.78 is 0. The van der Waals surface area contributed by atoms with Gasteiger partial charge in [-0.2, -0.15) is 0 Å². The van der Waals surface area contributed by atoms with E-state index in [4.69, 9.17) is 0 Å². The van der Waals surface area contributed by atoms with Gasteiger partial charge in [0, 0.05) is 38.4 Å². The van der Waals surface area contributed by atoms with E-state index in [1.54, 1.807) is 0 Å². The zero-order chi connectivity index (χ0) is 14.0. The van der Waals surface area contributed by atoms with Crippen molar-refractivity contribution in [2.24, 2.45) is 0 Å². The summed E-state index contributed by atoms with van der Waals surface area (Å²) in [6.07, 6.45) is 1.01. The number of amides is 1. The minimum Gasteiger partial charge on any atom is -0.376 e. The zero-order valence-electron chi connectivity index (χ0n) is 11.9. The first kappa shape index (κ1) is 14.8. The van der Waals surface area contributed by atoms with Gasteiger partial charge in [0.25, 0.3) is 0 Å². The van der Waals surface area contributed by atoms with E-state index in [-0.39, 0.29) is 5.91 Å². The van der Waals surface area contributed by atoms with Gasteiger partial charge in [0.1, 0.15) is 0 Å². The van der Waals surface area contributed by atoms with Crippen LogP contribution in [0.15, 0.2) is 30.3 Å². The molecule has 1 aromatic rings. The Labute approximate surface area is 120 Å². The van der Waals surface area contributed by atoms with E-state index in [1.165, 1.54) is 0 Å². The lowest BCUT2D eigenvalue weighted by Crippen LogP contribution is -2.44. The number of carbonyl (C=O) groups is 1. The number of hydrogen-bond donors (Lipinski definition) is 3. The molecule has 20 heavy (non-hydrogen) atoms. The van der Waals surface area contributed by atoms with E-state index >= 15 is 0 Å². The number of nitrogens with zero attached hydrogens (tertiary/aromatic N) is 1. The maximum atomic E-state index is 11.7. The third kappa shape index (κ3) is 5.59. The van der Waals surface area contributed by atoms with Crippen molar-refractivity contribution >= 4 is 11.6 Å². The number of nitrogens with one attached hydrogen (secondary N) is 3. The molecule has 0 radical (unpaired) electrons. The van der Waals surface area contributed by atoms with Gasteiger partial charge in [0.2, 0.25) is 5.91 Å². The summed E-state index contributed by atoms with van der Waals surface area (Å²) in [6.45, 7) is 6.53. The highest BCUT2D eigenvalue weighted by Gasteiger charge is 2.08. The summed E-state index contributed by atoms with van der Waals surface area (Å²) >= 11 is 0. The minimum atomic E-state index is 0.0502. The molecule has 1 aliphatic heterocycles. The minimum absolute atomic E-state index is 0.0502. The summed E-state index contributed by atoms with van der Waals surface area (Å²) in [4.78, 5) is 14.1. The highest BCUT2D eigenvalue weighted by atomic mass is 16.1. The number of hydrogen-bond acceptors (Lipinski definition) is 4. The maximum absolute atomic E-state index is 11.7. The number of para-hydroxylation sites is 1. The molecule has 0 spiro atoms. The summed E-state index contributed by atoms with van der Waals surface area (Å²) in [7, 11) is 0. The second kappa shape index (κ2) is 8.55. The molecule has 1 heterocycles. The molecule has 1 aliphatic rings. The highest BCUT2D eigenvalue weighted by Crippen LogP contribution is 2.03. The van der Waals surface area contributed by atoms with Crippen molar-refractivity contribution in [3.8, 4) is 0 Å². The van der Waals surface area contributed by atoms with Crippen LogP contribution in [0.2, 0.25) is 0 Å². The van der Waals surface area contributed by atoms with Gasteiger partial charge in [-0.05, 0) is 25.1 Å². The van der Waals surface area contributed by atoms with Gasteiger partial charge < -0.3 is 20.9 Å². The normalized spacial score (nSPS) is 15.8. The van der Waals surface area contributed by atoms with Crippen molar-refractivity contribution in [1.82, 2.24) is 15.5 Å². The van der Waals surface area contributed by atoms with E-state index in [9.17, 15) is 4.79 Å². The van der Waals surface area contributed by atoms with Crippen LogP contribution in [-0.4, -0.2) is 56.6 Å². The largest absolute Gasteiger partial charge is 0.376 e. The standard InChI is InChI=1S/C15H24N4O/c20-15(13-18-14-5-2-1-3-6-14)17-7-4-10-19-11-8-16-9-12-19/h1-3,5-6,16,18H,4,7-13H2,(H,17,20). The lowest BCUT2D eigenvalue weighted by Gasteiger charge is -2.27. The Morgan fingerprint density at radius 3 is 2.70 bits per heavy atom. The number of anilines is 1. The molecule has 1 saturated heterocycles. The fraction of sp³-hybridized carbons (Fsp3) is 0.533. The van der Waals surface area contributed by atoms with Crippen LogP contribution in [0.3, 0.4) is 0 Å². The molecule has 1 aromatic carbocycles. The Balaban J connectivity index is 1.51. The van der Waals surface area contributed by atoms with Crippen molar-refractivity contribution in [1.29, 1.82) is 0 Å². The molecular weight excluding hydrogens is 252 g/mol.